The zero-order chi connectivity index (χ0) is 15.9. The van der Waals surface area contributed by atoms with E-state index in [1.54, 1.807) is 13.0 Å². The summed E-state index contributed by atoms with van der Waals surface area (Å²) in [4.78, 5) is 11.9. The van der Waals surface area contributed by atoms with Gasteiger partial charge in [-0.1, -0.05) is 41.9 Å². The van der Waals surface area contributed by atoms with E-state index in [1.165, 1.54) is 6.21 Å². The van der Waals surface area contributed by atoms with Crippen molar-refractivity contribution in [1.29, 1.82) is 0 Å². The van der Waals surface area contributed by atoms with Crippen LogP contribution in [0.2, 0.25) is 5.02 Å². The van der Waals surface area contributed by atoms with Gasteiger partial charge in [-0.05, 0) is 37.6 Å². The van der Waals surface area contributed by atoms with Gasteiger partial charge in [0.15, 0.2) is 6.10 Å². The van der Waals surface area contributed by atoms with Gasteiger partial charge >= 0.3 is 0 Å². The molecule has 0 fully saturated rings. The van der Waals surface area contributed by atoms with Crippen molar-refractivity contribution < 1.29 is 9.53 Å². The molecule has 1 unspecified atom stereocenters. The van der Waals surface area contributed by atoms with E-state index in [9.17, 15) is 4.79 Å². The molecule has 22 heavy (non-hydrogen) atoms. The molecular formula is C17H17ClN2O2. The van der Waals surface area contributed by atoms with E-state index < -0.39 is 6.10 Å². The fourth-order valence-corrected chi connectivity index (χ4v) is 1.97. The normalized spacial score (nSPS) is 12.1. The van der Waals surface area contributed by atoms with E-state index in [0.29, 0.717) is 10.8 Å². The van der Waals surface area contributed by atoms with Crippen molar-refractivity contribution in [3.8, 4) is 5.75 Å². The van der Waals surface area contributed by atoms with E-state index in [4.69, 9.17) is 16.3 Å². The summed E-state index contributed by atoms with van der Waals surface area (Å²) >= 11 is 6.00. The van der Waals surface area contributed by atoms with Crippen LogP contribution in [-0.4, -0.2) is 18.2 Å². The van der Waals surface area contributed by atoms with Crippen molar-refractivity contribution in [2.75, 3.05) is 0 Å². The fourth-order valence-electron chi connectivity index (χ4n) is 1.78. The monoisotopic (exact) mass is 316 g/mol. The summed E-state index contributed by atoms with van der Waals surface area (Å²) in [6.45, 7) is 3.63. The molecule has 1 amide bonds. The van der Waals surface area contributed by atoms with Gasteiger partial charge in [-0.3, -0.25) is 4.79 Å². The molecular weight excluding hydrogens is 300 g/mol. The van der Waals surface area contributed by atoms with Gasteiger partial charge in [-0.25, -0.2) is 5.43 Å². The second-order valence-electron chi connectivity index (χ2n) is 4.83. The molecule has 0 aromatic heterocycles. The molecule has 0 saturated carbocycles. The van der Waals surface area contributed by atoms with E-state index in [-0.39, 0.29) is 5.91 Å². The van der Waals surface area contributed by atoms with E-state index in [0.717, 1.165) is 11.1 Å². The number of halogens is 1. The third-order valence-electron chi connectivity index (χ3n) is 2.96. The molecule has 0 aliphatic heterocycles. The maximum absolute atomic E-state index is 11.9. The fraction of sp³-hybridized carbons (Fsp3) is 0.176. The van der Waals surface area contributed by atoms with Crippen LogP contribution in [0, 0.1) is 6.92 Å². The third-order valence-corrected chi connectivity index (χ3v) is 3.30. The minimum Gasteiger partial charge on any atom is -0.481 e. The summed E-state index contributed by atoms with van der Waals surface area (Å²) in [6.07, 6.45) is 0.852. The molecule has 0 radical (unpaired) electrons. The lowest BCUT2D eigenvalue weighted by atomic mass is 10.2. The number of nitrogens with one attached hydrogen (secondary N) is 1. The van der Waals surface area contributed by atoms with E-state index in [1.807, 2.05) is 49.4 Å². The molecule has 0 aliphatic carbocycles. The van der Waals surface area contributed by atoms with Crippen LogP contribution in [0.15, 0.2) is 53.6 Å². The predicted octanol–water partition coefficient (Wildman–Crippen LogP) is 3.57. The second-order valence-corrected chi connectivity index (χ2v) is 5.24. The van der Waals surface area contributed by atoms with Gasteiger partial charge in [0.25, 0.3) is 5.91 Å². The van der Waals surface area contributed by atoms with Crippen LogP contribution in [-0.2, 0) is 4.79 Å². The summed E-state index contributed by atoms with van der Waals surface area (Å²) in [6, 6.07) is 14.8. The topological polar surface area (TPSA) is 50.7 Å². The second kappa shape index (κ2) is 7.61. The van der Waals surface area contributed by atoms with Crippen LogP contribution < -0.4 is 10.2 Å². The Hall–Kier alpha value is -2.33. The number of ether oxygens (including phenoxy) is 1. The van der Waals surface area contributed by atoms with Gasteiger partial charge in [0.2, 0.25) is 0 Å². The van der Waals surface area contributed by atoms with Gasteiger partial charge in [0.05, 0.1) is 6.21 Å². The van der Waals surface area contributed by atoms with Crippen LogP contribution in [0.5, 0.6) is 5.75 Å². The van der Waals surface area contributed by atoms with E-state index in [2.05, 4.69) is 10.5 Å². The average Bonchev–Trinajstić information content (AvgIpc) is 2.49. The molecule has 0 heterocycles. The number of hydrazone groups is 1. The summed E-state index contributed by atoms with van der Waals surface area (Å²) in [5, 5.41) is 4.47. The number of hydrogen-bond acceptors (Lipinski definition) is 3. The molecule has 114 valence electrons. The summed E-state index contributed by atoms with van der Waals surface area (Å²) in [5.41, 5.74) is 4.24. The molecule has 4 nitrogen and oxygen atoms in total. The molecule has 0 saturated heterocycles. The Labute approximate surface area is 134 Å². The van der Waals surface area contributed by atoms with Gasteiger partial charge in [-0.2, -0.15) is 5.10 Å². The largest absolute Gasteiger partial charge is 0.481 e. The lowest BCUT2D eigenvalue weighted by Crippen LogP contribution is -2.33. The van der Waals surface area contributed by atoms with Crippen molar-refractivity contribution in [3.63, 3.8) is 0 Å². The first-order valence-corrected chi connectivity index (χ1v) is 7.25. The molecule has 2 aromatic rings. The van der Waals surface area contributed by atoms with Gasteiger partial charge in [-0.15, -0.1) is 0 Å². The summed E-state index contributed by atoms with van der Waals surface area (Å²) in [5.74, 6) is 0.322. The molecule has 1 atom stereocenters. The zero-order valence-electron chi connectivity index (χ0n) is 12.4. The third kappa shape index (κ3) is 4.60. The highest BCUT2D eigenvalue weighted by atomic mass is 35.5. The quantitative estimate of drug-likeness (QED) is 0.677. The van der Waals surface area contributed by atoms with Gasteiger partial charge < -0.3 is 4.74 Å². The number of nitrogens with zero attached hydrogens (tertiary/aromatic N) is 1. The maximum atomic E-state index is 11.9. The lowest BCUT2D eigenvalue weighted by Gasteiger charge is -2.13. The molecule has 0 aliphatic rings. The van der Waals surface area contributed by atoms with Crippen LogP contribution >= 0.6 is 11.6 Å². The highest BCUT2D eigenvalue weighted by molar-refractivity contribution is 6.33. The summed E-state index contributed by atoms with van der Waals surface area (Å²) < 4.78 is 5.57. The summed E-state index contributed by atoms with van der Waals surface area (Å²) in [7, 11) is 0. The number of benzene rings is 2. The van der Waals surface area contributed by atoms with Crippen LogP contribution in [0.3, 0.4) is 0 Å². The van der Waals surface area contributed by atoms with Crippen molar-refractivity contribution in [2.24, 2.45) is 5.10 Å². The highest BCUT2D eigenvalue weighted by Gasteiger charge is 2.13. The first kappa shape index (κ1) is 16.0. The Balaban J connectivity index is 1.90. The Morgan fingerprint density at radius 1 is 1.27 bits per heavy atom. The number of hydrogen-bond donors (Lipinski definition) is 1. The Kier molecular flexibility index (Phi) is 5.55. The Morgan fingerprint density at radius 3 is 2.77 bits per heavy atom. The zero-order valence-corrected chi connectivity index (χ0v) is 13.2. The number of carbonyl (C=O) groups excluding carboxylic acids is 1. The molecule has 5 heteroatoms. The standard InChI is InChI=1S/C17H17ClN2O2/c1-12-6-5-8-15(10-12)22-13(2)17(21)20-19-11-14-7-3-4-9-16(14)18/h3-11,13H,1-2H3,(H,20,21)/b19-11-. The average molecular weight is 317 g/mol. The minimum absolute atomic E-state index is 0.329. The Morgan fingerprint density at radius 2 is 2.05 bits per heavy atom. The number of carbonyl (C=O) groups is 1. The lowest BCUT2D eigenvalue weighted by molar-refractivity contribution is -0.127. The van der Waals surface area contributed by atoms with Gasteiger partial charge in [0, 0.05) is 10.6 Å². The first-order valence-electron chi connectivity index (χ1n) is 6.87. The number of aryl methyl sites for hydroxylation is 1. The van der Waals surface area contributed by atoms with Crippen molar-refractivity contribution in [2.45, 2.75) is 20.0 Å². The van der Waals surface area contributed by atoms with Crippen molar-refractivity contribution in [3.05, 3.63) is 64.7 Å². The maximum Gasteiger partial charge on any atom is 0.280 e. The number of amides is 1. The van der Waals surface area contributed by atoms with Crippen molar-refractivity contribution >= 4 is 23.7 Å². The van der Waals surface area contributed by atoms with Gasteiger partial charge in [0.1, 0.15) is 5.75 Å². The molecule has 0 bridgehead atoms. The van der Waals surface area contributed by atoms with E-state index >= 15 is 0 Å². The van der Waals surface area contributed by atoms with Crippen molar-refractivity contribution in [1.82, 2.24) is 5.43 Å². The molecule has 1 N–H and O–H groups in total. The Bertz CT molecular complexity index is 686. The van der Waals surface area contributed by atoms with Crippen LogP contribution in [0.1, 0.15) is 18.1 Å². The molecule has 2 rings (SSSR count). The van der Waals surface area contributed by atoms with Crippen LogP contribution in [0.25, 0.3) is 0 Å². The highest BCUT2D eigenvalue weighted by Crippen LogP contribution is 2.14. The minimum atomic E-state index is -0.648. The smallest absolute Gasteiger partial charge is 0.280 e. The SMILES string of the molecule is Cc1cccc(OC(C)C(=O)N/N=C\c2ccccc2Cl)c1. The number of rotatable bonds is 5. The predicted molar refractivity (Wildman–Crippen MR) is 88.5 cm³/mol. The molecule has 0 spiro atoms. The molecule has 2 aromatic carbocycles. The van der Waals surface area contributed by atoms with Crippen LogP contribution in [0.4, 0.5) is 0 Å². The first-order chi connectivity index (χ1) is 10.6.